The molecule has 7 nitrogen and oxygen atoms in total. The average molecular weight is 443 g/mol. The zero-order chi connectivity index (χ0) is 21.9. The minimum absolute atomic E-state index is 0.326. The molecule has 0 saturated heterocycles. The van der Waals surface area contributed by atoms with Gasteiger partial charge in [-0.3, -0.25) is 8.97 Å². The Hall–Kier alpha value is -3.65. The minimum atomic E-state index is 0.326. The zero-order valence-electron chi connectivity index (χ0n) is 17.8. The van der Waals surface area contributed by atoms with E-state index in [1.807, 2.05) is 63.8 Å². The number of imidazole rings is 1. The fourth-order valence-electron chi connectivity index (χ4n) is 3.57. The van der Waals surface area contributed by atoms with Gasteiger partial charge >= 0.3 is 0 Å². The number of para-hydroxylation sites is 2. The number of aryl methyl sites for hydroxylation is 2. The molecule has 3 heterocycles. The number of benzene rings is 2. The molecule has 160 valence electrons. The van der Waals surface area contributed by atoms with Crippen molar-refractivity contribution >= 4 is 17.5 Å². The number of ether oxygens (including phenoxy) is 1. The molecule has 5 rings (SSSR count). The molecular formula is C24H22N6OS. The number of rotatable bonds is 7. The number of nitrogens with zero attached hydrogens (tertiary/aromatic N) is 6. The van der Waals surface area contributed by atoms with Crippen LogP contribution in [-0.2, 0) is 12.4 Å². The highest BCUT2D eigenvalue weighted by Crippen LogP contribution is 2.27. The summed E-state index contributed by atoms with van der Waals surface area (Å²) in [6.45, 7) is 4.43. The molecule has 0 aliphatic carbocycles. The third-order valence-electron chi connectivity index (χ3n) is 5.10. The highest BCUT2D eigenvalue weighted by atomic mass is 32.2. The van der Waals surface area contributed by atoms with Gasteiger partial charge < -0.3 is 4.74 Å². The van der Waals surface area contributed by atoms with Gasteiger partial charge in [-0.05, 0) is 43.2 Å². The lowest BCUT2D eigenvalue weighted by Crippen LogP contribution is -2.07. The number of hydrogen-bond donors (Lipinski definition) is 0. The Bertz CT molecular complexity index is 1310. The van der Waals surface area contributed by atoms with Crippen LogP contribution < -0.4 is 4.74 Å². The number of thioether (sulfide) groups is 1. The lowest BCUT2D eigenvalue weighted by Gasteiger charge is -2.13. The molecule has 2 aromatic carbocycles. The Morgan fingerprint density at radius 2 is 1.75 bits per heavy atom. The Kier molecular flexibility index (Phi) is 5.60. The first kappa shape index (κ1) is 20.3. The second-order valence-corrected chi connectivity index (χ2v) is 8.37. The summed E-state index contributed by atoms with van der Waals surface area (Å²) >= 11 is 1.59. The van der Waals surface area contributed by atoms with Crippen molar-refractivity contribution in [3.63, 3.8) is 0 Å². The Labute approximate surface area is 190 Å². The third kappa shape index (κ3) is 4.09. The molecule has 5 aromatic rings. The Morgan fingerprint density at radius 3 is 2.53 bits per heavy atom. The van der Waals surface area contributed by atoms with E-state index in [2.05, 4.69) is 46.1 Å². The summed E-state index contributed by atoms with van der Waals surface area (Å²) in [4.78, 5) is 8.87. The molecule has 0 radical (unpaired) electrons. The molecule has 0 aliphatic rings. The SMILES string of the molecule is Cc1cccc(C)c1OCc1nnc(SCc2cn3cccnc3n2)n1-c1ccccc1. The topological polar surface area (TPSA) is 70.1 Å². The van der Waals surface area contributed by atoms with Gasteiger partial charge in [0, 0.05) is 30.0 Å². The van der Waals surface area contributed by atoms with E-state index in [-0.39, 0.29) is 0 Å². The van der Waals surface area contributed by atoms with Crippen molar-refractivity contribution in [2.24, 2.45) is 0 Å². The Balaban J connectivity index is 1.42. The van der Waals surface area contributed by atoms with Crippen LogP contribution in [0.5, 0.6) is 5.75 Å². The van der Waals surface area contributed by atoms with Crippen molar-refractivity contribution in [3.05, 3.63) is 95.8 Å². The van der Waals surface area contributed by atoms with E-state index >= 15 is 0 Å². The quantitative estimate of drug-likeness (QED) is 0.337. The first-order valence-electron chi connectivity index (χ1n) is 10.3. The molecule has 8 heteroatoms. The largest absolute Gasteiger partial charge is 0.485 e. The van der Waals surface area contributed by atoms with Crippen molar-refractivity contribution in [1.29, 1.82) is 0 Å². The predicted molar refractivity (Wildman–Crippen MR) is 124 cm³/mol. The second-order valence-electron chi connectivity index (χ2n) is 7.43. The molecular weight excluding hydrogens is 420 g/mol. The second kappa shape index (κ2) is 8.84. The number of aromatic nitrogens is 6. The van der Waals surface area contributed by atoms with Gasteiger partial charge in [-0.2, -0.15) is 0 Å². The highest BCUT2D eigenvalue weighted by Gasteiger charge is 2.17. The maximum atomic E-state index is 6.18. The van der Waals surface area contributed by atoms with Crippen LogP contribution in [0.4, 0.5) is 0 Å². The standard InChI is InChI=1S/C24H22N6OS/c1-17-8-6-9-18(2)22(17)31-15-21-27-28-24(30(21)20-10-4-3-5-11-20)32-16-19-14-29-13-7-12-25-23(29)26-19/h3-14H,15-16H2,1-2H3. The van der Waals surface area contributed by atoms with E-state index in [4.69, 9.17) is 4.74 Å². The van der Waals surface area contributed by atoms with Gasteiger partial charge in [-0.15, -0.1) is 10.2 Å². The zero-order valence-corrected chi connectivity index (χ0v) is 18.7. The van der Waals surface area contributed by atoms with E-state index in [0.717, 1.165) is 39.2 Å². The van der Waals surface area contributed by atoms with E-state index in [1.54, 1.807) is 18.0 Å². The van der Waals surface area contributed by atoms with Crippen molar-refractivity contribution in [3.8, 4) is 11.4 Å². The summed E-state index contributed by atoms with van der Waals surface area (Å²) in [5, 5.41) is 9.71. The van der Waals surface area contributed by atoms with Gasteiger partial charge in [0.25, 0.3) is 0 Å². The van der Waals surface area contributed by atoms with E-state index in [0.29, 0.717) is 18.1 Å². The summed E-state index contributed by atoms with van der Waals surface area (Å²) in [6.07, 6.45) is 5.68. The molecule has 0 unspecified atom stereocenters. The maximum absolute atomic E-state index is 6.18. The summed E-state index contributed by atoms with van der Waals surface area (Å²) in [7, 11) is 0. The van der Waals surface area contributed by atoms with Crippen LogP contribution in [0.15, 0.2) is 78.3 Å². The van der Waals surface area contributed by atoms with Gasteiger partial charge in [0.2, 0.25) is 5.78 Å². The number of hydrogen-bond acceptors (Lipinski definition) is 6. The summed E-state index contributed by atoms with van der Waals surface area (Å²) in [5.74, 6) is 2.99. The smallest absolute Gasteiger partial charge is 0.233 e. The number of fused-ring (bicyclic) bond motifs is 1. The minimum Gasteiger partial charge on any atom is -0.485 e. The summed E-state index contributed by atoms with van der Waals surface area (Å²) in [6, 6.07) is 18.1. The van der Waals surface area contributed by atoms with Gasteiger partial charge in [0.15, 0.2) is 11.0 Å². The van der Waals surface area contributed by atoms with Crippen LogP contribution in [0.3, 0.4) is 0 Å². The molecule has 0 amide bonds. The van der Waals surface area contributed by atoms with E-state index in [9.17, 15) is 0 Å². The van der Waals surface area contributed by atoms with Crippen LogP contribution in [0.1, 0.15) is 22.6 Å². The predicted octanol–water partition coefficient (Wildman–Crippen LogP) is 4.80. The lowest BCUT2D eigenvalue weighted by atomic mass is 10.1. The third-order valence-corrected chi connectivity index (χ3v) is 6.07. The van der Waals surface area contributed by atoms with Crippen molar-refractivity contribution in [2.75, 3.05) is 0 Å². The lowest BCUT2D eigenvalue weighted by molar-refractivity contribution is 0.289. The molecule has 0 fully saturated rings. The van der Waals surface area contributed by atoms with Crippen LogP contribution in [-0.4, -0.2) is 29.1 Å². The normalized spacial score (nSPS) is 11.2. The molecule has 0 spiro atoms. The molecule has 0 N–H and O–H groups in total. The van der Waals surface area contributed by atoms with Crippen LogP contribution >= 0.6 is 11.8 Å². The summed E-state index contributed by atoms with van der Waals surface area (Å²) < 4.78 is 10.1. The van der Waals surface area contributed by atoms with Crippen molar-refractivity contribution in [2.45, 2.75) is 31.4 Å². The van der Waals surface area contributed by atoms with Crippen LogP contribution in [0, 0.1) is 13.8 Å². The first-order valence-corrected chi connectivity index (χ1v) is 11.3. The van der Waals surface area contributed by atoms with Gasteiger partial charge in [-0.25, -0.2) is 9.97 Å². The van der Waals surface area contributed by atoms with Crippen molar-refractivity contribution in [1.82, 2.24) is 29.1 Å². The van der Waals surface area contributed by atoms with Crippen LogP contribution in [0.2, 0.25) is 0 Å². The summed E-state index contributed by atoms with van der Waals surface area (Å²) in [5.41, 5.74) is 4.14. The molecule has 32 heavy (non-hydrogen) atoms. The fraction of sp³-hybridized carbons (Fsp3) is 0.167. The molecule has 3 aromatic heterocycles. The van der Waals surface area contributed by atoms with E-state index in [1.165, 1.54) is 0 Å². The molecule has 0 saturated carbocycles. The maximum Gasteiger partial charge on any atom is 0.233 e. The fourth-order valence-corrected chi connectivity index (χ4v) is 4.43. The average Bonchev–Trinajstić information content (AvgIpc) is 3.41. The first-order chi connectivity index (χ1) is 15.7. The van der Waals surface area contributed by atoms with Gasteiger partial charge in [0.1, 0.15) is 12.4 Å². The molecule has 0 aliphatic heterocycles. The van der Waals surface area contributed by atoms with Gasteiger partial charge in [-0.1, -0.05) is 48.2 Å². The highest BCUT2D eigenvalue weighted by molar-refractivity contribution is 7.98. The molecule has 0 bridgehead atoms. The monoisotopic (exact) mass is 442 g/mol. The van der Waals surface area contributed by atoms with Gasteiger partial charge in [0.05, 0.1) is 5.69 Å². The van der Waals surface area contributed by atoms with Crippen LogP contribution in [0.25, 0.3) is 11.5 Å². The molecule has 0 atom stereocenters. The van der Waals surface area contributed by atoms with Crippen molar-refractivity contribution < 1.29 is 4.74 Å². The Morgan fingerprint density at radius 1 is 0.938 bits per heavy atom. The van der Waals surface area contributed by atoms with E-state index < -0.39 is 0 Å².